The highest BCUT2D eigenvalue weighted by molar-refractivity contribution is 7.93. The van der Waals surface area contributed by atoms with E-state index in [0.29, 0.717) is 6.42 Å². The third kappa shape index (κ3) is 6.51. The molecule has 1 amide bonds. The van der Waals surface area contributed by atoms with Crippen molar-refractivity contribution in [2.45, 2.75) is 18.6 Å². The topological polar surface area (TPSA) is 125 Å². The third-order valence-corrected chi connectivity index (χ3v) is 4.23. The molecule has 0 aromatic rings. The maximum atomic E-state index is 11.7. The van der Waals surface area contributed by atoms with Crippen molar-refractivity contribution in [3.8, 4) is 0 Å². The summed E-state index contributed by atoms with van der Waals surface area (Å²) in [6.07, 6.45) is 0.298. The molecule has 0 aliphatic carbocycles. The van der Waals surface area contributed by atoms with Gasteiger partial charge in [0.15, 0.2) is 0 Å². The third-order valence-electron chi connectivity index (χ3n) is 1.86. The Labute approximate surface area is 106 Å². The fourth-order valence-electron chi connectivity index (χ4n) is 1.10. The van der Waals surface area contributed by atoms with Gasteiger partial charge in [-0.2, -0.15) is 0 Å². The van der Waals surface area contributed by atoms with E-state index >= 15 is 0 Å². The van der Waals surface area contributed by atoms with E-state index in [1.54, 1.807) is 6.92 Å². The fraction of sp³-hybridized carbons (Fsp3) is 0.750. The van der Waals surface area contributed by atoms with Gasteiger partial charge in [0.1, 0.15) is 11.9 Å². The molecule has 0 saturated carbocycles. The maximum absolute atomic E-state index is 11.7. The number of carbonyl (C=O) groups is 1. The second-order valence-corrected chi connectivity index (χ2v) is 5.68. The molecule has 1 unspecified atom stereocenters. The van der Waals surface area contributed by atoms with Crippen molar-refractivity contribution >= 4 is 33.1 Å². The van der Waals surface area contributed by atoms with Crippen LogP contribution in [0.2, 0.25) is 0 Å². The van der Waals surface area contributed by atoms with E-state index in [9.17, 15) is 13.2 Å². The molecule has 17 heavy (non-hydrogen) atoms. The number of nitrogens with one attached hydrogen (secondary N) is 1. The molecule has 0 aromatic heterocycles. The molecule has 0 spiro atoms. The minimum atomic E-state index is -3.58. The van der Waals surface area contributed by atoms with Gasteiger partial charge in [0.2, 0.25) is 15.9 Å². The van der Waals surface area contributed by atoms with E-state index < -0.39 is 21.2 Å². The Kier molecular flexibility index (Phi) is 7.19. The molecule has 0 radical (unpaired) electrons. The molecule has 5 N–H and O–H groups in total. The standard InChI is InChI=1S/C8H17N3O4S2/c1-2-6(8(10)16)17(13,14)11-3-4-15-5-7(9)12/h6,11H,2-5H2,1H3,(H2,9,12)(H2,10,16). The molecule has 1 atom stereocenters. The summed E-state index contributed by atoms with van der Waals surface area (Å²) in [5.74, 6) is -0.609. The molecule has 100 valence electrons. The zero-order valence-corrected chi connectivity index (χ0v) is 11.1. The van der Waals surface area contributed by atoms with Crippen LogP contribution >= 0.6 is 12.2 Å². The number of nitrogens with two attached hydrogens (primary N) is 2. The van der Waals surface area contributed by atoms with Crippen molar-refractivity contribution < 1.29 is 17.9 Å². The molecular formula is C8H17N3O4S2. The summed E-state index contributed by atoms with van der Waals surface area (Å²) in [7, 11) is -3.58. The van der Waals surface area contributed by atoms with Gasteiger partial charge in [0.25, 0.3) is 0 Å². The van der Waals surface area contributed by atoms with Gasteiger partial charge in [0, 0.05) is 6.54 Å². The molecule has 0 fully saturated rings. The van der Waals surface area contributed by atoms with Gasteiger partial charge in [-0.15, -0.1) is 0 Å². The summed E-state index contributed by atoms with van der Waals surface area (Å²) in [4.78, 5) is 10.3. The molecule has 0 bridgehead atoms. The highest BCUT2D eigenvalue weighted by Gasteiger charge is 2.25. The maximum Gasteiger partial charge on any atom is 0.243 e. The number of sulfonamides is 1. The van der Waals surface area contributed by atoms with Crippen molar-refractivity contribution in [1.29, 1.82) is 0 Å². The van der Waals surface area contributed by atoms with E-state index in [-0.39, 0.29) is 24.7 Å². The van der Waals surface area contributed by atoms with E-state index in [0.717, 1.165) is 0 Å². The first-order valence-corrected chi connectivity index (χ1v) is 6.90. The summed E-state index contributed by atoms with van der Waals surface area (Å²) in [5.41, 5.74) is 10.2. The lowest BCUT2D eigenvalue weighted by atomic mass is 10.3. The Morgan fingerprint density at radius 3 is 2.47 bits per heavy atom. The van der Waals surface area contributed by atoms with Crippen molar-refractivity contribution in [3.63, 3.8) is 0 Å². The Bertz CT molecular complexity index is 369. The number of ether oxygens (including phenoxy) is 1. The first kappa shape index (κ1) is 16.2. The minimum absolute atomic E-state index is 0.0364. The van der Waals surface area contributed by atoms with Crippen LogP contribution in [0.3, 0.4) is 0 Å². The predicted octanol–water partition coefficient (Wildman–Crippen LogP) is -1.53. The Balaban J connectivity index is 4.10. The van der Waals surface area contributed by atoms with E-state index in [4.69, 9.17) is 16.2 Å². The average Bonchev–Trinajstić information content (AvgIpc) is 2.16. The smallest absolute Gasteiger partial charge is 0.243 e. The van der Waals surface area contributed by atoms with Crippen molar-refractivity contribution in [1.82, 2.24) is 4.72 Å². The molecule has 9 heteroatoms. The zero-order valence-electron chi connectivity index (χ0n) is 9.51. The molecule has 0 saturated heterocycles. The highest BCUT2D eigenvalue weighted by Crippen LogP contribution is 2.04. The van der Waals surface area contributed by atoms with Gasteiger partial charge in [-0.1, -0.05) is 19.1 Å². The highest BCUT2D eigenvalue weighted by atomic mass is 32.2. The van der Waals surface area contributed by atoms with Crippen LogP contribution in [-0.4, -0.2) is 44.3 Å². The SMILES string of the molecule is CCC(C(N)=S)S(=O)(=O)NCCOCC(N)=O. The van der Waals surface area contributed by atoms with Crippen molar-refractivity contribution in [2.75, 3.05) is 19.8 Å². The number of hydrogen-bond acceptors (Lipinski definition) is 5. The molecule has 0 heterocycles. The lowest BCUT2D eigenvalue weighted by molar-refractivity contribution is -0.122. The van der Waals surface area contributed by atoms with Gasteiger partial charge in [-0.05, 0) is 6.42 Å². The van der Waals surface area contributed by atoms with Gasteiger partial charge >= 0.3 is 0 Å². The first-order valence-electron chi connectivity index (χ1n) is 4.95. The minimum Gasteiger partial charge on any atom is -0.392 e. The van der Waals surface area contributed by atoms with Gasteiger partial charge in [-0.3, -0.25) is 4.79 Å². The summed E-state index contributed by atoms with van der Waals surface area (Å²) >= 11 is 4.67. The van der Waals surface area contributed by atoms with E-state index in [1.165, 1.54) is 0 Å². The second-order valence-electron chi connectivity index (χ2n) is 3.26. The molecule has 0 aromatic carbocycles. The molecule has 0 rings (SSSR count). The van der Waals surface area contributed by atoms with Crippen LogP contribution in [0.4, 0.5) is 0 Å². The van der Waals surface area contributed by atoms with Gasteiger partial charge in [-0.25, -0.2) is 13.1 Å². The Hall–Kier alpha value is -0.770. The normalized spacial score (nSPS) is 13.2. The number of hydrogen-bond donors (Lipinski definition) is 3. The quantitative estimate of drug-likeness (QED) is 0.348. The largest absolute Gasteiger partial charge is 0.392 e. The van der Waals surface area contributed by atoms with Crippen molar-refractivity contribution in [2.24, 2.45) is 11.5 Å². The van der Waals surface area contributed by atoms with Crippen LogP contribution in [0.5, 0.6) is 0 Å². The van der Waals surface area contributed by atoms with Gasteiger partial charge in [0.05, 0.1) is 11.6 Å². The van der Waals surface area contributed by atoms with Crippen LogP contribution in [0.15, 0.2) is 0 Å². The molecule has 0 aliphatic heterocycles. The van der Waals surface area contributed by atoms with Crippen LogP contribution < -0.4 is 16.2 Å². The number of rotatable bonds is 9. The van der Waals surface area contributed by atoms with E-state index in [2.05, 4.69) is 16.9 Å². The molecule has 7 nitrogen and oxygen atoms in total. The Morgan fingerprint density at radius 1 is 1.47 bits per heavy atom. The Morgan fingerprint density at radius 2 is 2.06 bits per heavy atom. The predicted molar refractivity (Wildman–Crippen MR) is 67.8 cm³/mol. The molecule has 0 aliphatic rings. The van der Waals surface area contributed by atoms with E-state index in [1.807, 2.05) is 0 Å². The number of primary amides is 1. The average molecular weight is 283 g/mol. The summed E-state index contributed by atoms with van der Waals surface area (Å²) in [5, 5.41) is -0.895. The van der Waals surface area contributed by atoms with Crippen LogP contribution in [-0.2, 0) is 19.6 Å². The van der Waals surface area contributed by atoms with Crippen LogP contribution in [0.25, 0.3) is 0 Å². The summed E-state index contributed by atoms with van der Waals surface area (Å²) in [6, 6.07) is 0. The van der Waals surface area contributed by atoms with Crippen molar-refractivity contribution in [3.05, 3.63) is 0 Å². The van der Waals surface area contributed by atoms with Crippen LogP contribution in [0, 0.1) is 0 Å². The molecular weight excluding hydrogens is 266 g/mol. The first-order chi connectivity index (χ1) is 7.81. The lowest BCUT2D eigenvalue weighted by Crippen LogP contribution is -2.42. The van der Waals surface area contributed by atoms with Gasteiger partial charge < -0.3 is 16.2 Å². The fourth-order valence-corrected chi connectivity index (χ4v) is 2.96. The monoisotopic (exact) mass is 283 g/mol. The lowest BCUT2D eigenvalue weighted by Gasteiger charge is -2.14. The number of carbonyl (C=O) groups excluding carboxylic acids is 1. The number of amides is 1. The second kappa shape index (κ2) is 7.54. The van der Waals surface area contributed by atoms with Crippen LogP contribution in [0.1, 0.15) is 13.3 Å². The number of thiocarbonyl (C=S) groups is 1. The summed E-state index contributed by atoms with van der Waals surface area (Å²) < 4.78 is 30.4. The zero-order chi connectivity index (χ0) is 13.5. The summed E-state index contributed by atoms with van der Waals surface area (Å²) in [6.45, 7) is 1.52.